The number of hydrogen-bond acceptors (Lipinski definition) is 2. The molecule has 1 saturated heterocycles. The van der Waals surface area contributed by atoms with Crippen LogP contribution in [0.25, 0.3) is 0 Å². The van der Waals surface area contributed by atoms with E-state index in [1.165, 1.54) is 25.8 Å². The van der Waals surface area contributed by atoms with Crippen molar-refractivity contribution in [2.24, 2.45) is 11.8 Å². The summed E-state index contributed by atoms with van der Waals surface area (Å²) >= 11 is 0. The monoisotopic (exact) mass is 225 g/mol. The van der Waals surface area contributed by atoms with Crippen molar-refractivity contribution in [2.45, 2.75) is 58.4 Å². The number of carbonyl (C=O) groups excluding carboxylic acids is 1. The molecule has 0 aromatic rings. The average Bonchev–Trinajstić information content (AvgIpc) is 2.55. The van der Waals surface area contributed by atoms with Gasteiger partial charge in [-0.05, 0) is 58.0 Å². The molecule has 3 unspecified atom stereocenters. The van der Waals surface area contributed by atoms with Gasteiger partial charge in [-0.25, -0.2) is 0 Å². The van der Waals surface area contributed by atoms with E-state index in [1.54, 1.807) is 0 Å². The van der Waals surface area contributed by atoms with E-state index in [2.05, 4.69) is 32.7 Å². The Morgan fingerprint density at radius 3 is 2.56 bits per heavy atom. The zero-order valence-electron chi connectivity index (χ0n) is 11.3. The van der Waals surface area contributed by atoms with Crippen molar-refractivity contribution in [3.63, 3.8) is 0 Å². The van der Waals surface area contributed by atoms with Crippen molar-refractivity contribution in [1.29, 1.82) is 0 Å². The molecule has 1 fully saturated rings. The van der Waals surface area contributed by atoms with Crippen molar-refractivity contribution in [1.82, 2.24) is 4.90 Å². The zero-order valence-corrected chi connectivity index (χ0v) is 11.3. The van der Waals surface area contributed by atoms with E-state index >= 15 is 0 Å². The first-order chi connectivity index (χ1) is 7.49. The molecule has 0 bridgehead atoms. The first kappa shape index (κ1) is 13.7. The van der Waals surface area contributed by atoms with Crippen LogP contribution >= 0.6 is 0 Å². The molecule has 1 rings (SSSR count). The first-order valence-corrected chi connectivity index (χ1v) is 6.64. The molecule has 3 atom stereocenters. The van der Waals surface area contributed by atoms with Crippen molar-refractivity contribution >= 4 is 6.29 Å². The van der Waals surface area contributed by atoms with Crippen molar-refractivity contribution in [3.05, 3.63) is 0 Å². The average molecular weight is 225 g/mol. The fourth-order valence-electron chi connectivity index (χ4n) is 2.93. The van der Waals surface area contributed by atoms with Gasteiger partial charge in [0.15, 0.2) is 0 Å². The summed E-state index contributed by atoms with van der Waals surface area (Å²) in [6.07, 6.45) is 6.75. The fourth-order valence-corrected chi connectivity index (χ4v) is 2.93. The van der Waals surface area contributed by atoms with Crippen LogP contribution in [0.1, 0.15) is 52.9 Å². The molecule has 0 aromatic carbocycles. The molecule has 16 heavy (non-hydrogen) atoms. The Balaban J connectivity index is 2.43. The van der Waals surface area contributed by atoms with Crippen LogP contribution in [0, 0.1) is 11.8 Å². The molecular weight excluding hydrogens is 198 g/mol. The van der Waals surface area contributed by atoms with E-state index in [9.17, 15) is 4.79 Å². The summed E-state index contributed by atoms with van der Waals surface area (Å²) in [6.45, 7) is 8.26. The SMILES string of the molecule is CC(CCC=O)C(C)CC1(C)CCCN1C. The van der Waals surface area contributed by atoms with Crippen LogP contribution in [0.5, 0.6) is 0 Å². The molecule has 0 spiro atoms. The largest absolute Gasteiger partial charge is 0.303 e. The van der Waals surface area contributed by atoms with E-state index in [1.807, 2.05) is 0 Å². The van der Waals surface area contributed by atoms with Gasteiger partial charge in [0.1, 0.15) is 6.29 Å². The van der Waals surface area contributed by atoms with Crippen LogP contribution in [0.4, 0.5) is 0 Å². The normalized spacial score (nSPS) is 30.2. The Bertz CT molecular complexity index is 229. The molecule has 2 nitrogen and oxygen atoms in total. The number of hydrogen-bond donors (Lipinski definition) is 0. The van der Waals surface area contributed by atoms with Gasteiger partial charge >= 0.3 is 0 Å². The Morgan fingerprint density at radius 2 is 2.06 bits per heavy atom. The highest BCUT2D eigenvalue weighted by molar-refractivity contribution is 5.49. The summed E-state index contributed by atoms with van der Waals surface area (Å²) in [5.41, 5.74) is 0.398. The second-order valence-corrected chi connectivity index (χ2v) is 5.92. The molecule has 0 aliphatic carbocycles. The Kier molecular flexibility index (Phi) is 4.97. The molecule has 1 aliphatic heterocycles. The van der Waals surface area contributed by atoms with E-state index in [0.717, 1.165) is 19.1 Å². The summed E-state index contributed by atoms with van der Waals surface area (Å²) in [5, 5.41) is 0. The maximum absolute atomic E-state index is 10.4. The predicted molar refractivity (Wildman–Crippen MR) is 68.5 cm³/mol. The van der Waals surface area contributed by atoms with Gasteiger partial charge in [0.25, 0.3) is 0 Å². The smallest absolute Gasteiger partial charge is 0.120 e. The third-order valence-corrected chi connectivity index (χ3v) is 4.60. The third kappa shape index (κ3) is 3.31. The van der Waals surface area contributed by atoms with Crippen LogP contribution in [0.3, 0.4) is 0 Å². The van der Waals surface area contributed by atoms with Crippen molar-refractivity contribution < 1.29 is 4.79 Å². The highest BCUT2D eigenvalue weighted by atomic mass is 16.1. The Hall–Kier alpha value is -0.370. The van der Waals surface area contributed by atoms with Crippen LogP contribution in [0.2, 0.25) is 0 Å². The Morgan fingerprint density at radius 1 is 1.38 bits per heavy atom. The number of carbonyl (C=O) groups is 1. The number of likely N-dealkylation sites (tertiary alicyclic amines) is 1. The van der Waals surface area contributed by atoms with Crippen molar-refractivity contribution in [3.8, 4) is 0 Å². The van der Waals surface area contributed by atoms with Crippen LogP contribution in [-0.4, -0.2) is 30.3 Å². The minimum Gasteiger partial charge on any atom is -0.303 e. The number of nitrogens with zero attached hydrogens (tertiary/aromatic N) is 1. The van der Waals surface area contributed by atoms with Crippen LogP contribution in [-0.2, 0) is 4.79 Å². The van der Waals surface area contributed by atoms with Crippen molar-refractivity contribution in [2.75, 3.05) is 13.6 Å². The zero-order chi connectivity index (χ0) is 12.2. The summed E-state index contributed by atoms with van der Waals surface area (Å²) in [6, 6.07) is 0. The number of rotatable bonds is 6. The lowest BCUT2D eigenvalue weighted by Crippen LogP contribution is -2.40. The molecule has 0 aromatic heterocycles. The summed E-state index contributed by atoms with van der Waals surface area (Å²) < 4.78 is 0. The van der Waals surface area contributed by atoms with Gasteiger partial charge in [0.2, 0.25) is 0 Å². The molecule has 0 amide bonds. The van der Waals surface area contributed by atoms with E-state index < -0.39 is 0 Å². The second kappa shape index (κ2) is 5.81. The van der Waals surface area contributed by atoms with Gasteiger partial charge in [-0.15, -0.1) is 0 Å². The lowest BCUT2D eigenvalue weighted by atomic mass is 9.80. The molecular formula is C14H27NO. The van der Waals surface area contributed by atoms with Crippen LogP contribution in [0.15, 0.2) is 0 Å². The predicted octanol–water partition coefficient (Wildman–Crippen LogP) is 3.11. The van der Waals surface area contributed by atoms with Gasteiger partial charge in [-0.1, -0.05) is 13.8 Å². The van der Waals surface area contributed by atoms with Gasteiger partial charge < -0.3 is 9.69 Å². The summed E-state index contributed by atoms with van der Waals surface area (Å²) in [7, 11) is 2.25. The minimum absolute atomic E-state index is 0.398. The lowest BCUT2D eigenvalue weighted by Gasteiger charge is -2.36. The third-order valence-electron chi connectivity index (χ3n) is 4.60. The van der Waals surface area contributed by atoms with Gasteiger partial charge in [-0.3, -0.25) is 0 Å². The highest BCUT2D eigenvalue weighted by Gasteiger charge is 2.35. The quantitative estimate of drug-likeness (QED) is 0.647. The maximum atomic E-state index is 10.4. The molecule has 0 radical (unpaired) electrons. The van der Waals surface area contributed by atoms with Gasteiger partial charge in [0, 0.05) is 12.0 Å². The molecule has 0 saturated carbocycles. The topological polar surface area (TPSA) is 20.3 Å². The van der Waals surface area contributed by atoms with E-state index in [0.29, 0.717) is 17.4 Å². The Labute approximate surface area is 100 Å². The number of aldehydes is 1. The fraction of sp³-hybridized carbons (Fsp3) is 0.929. The molecule has 94 valence electrons. The molecule has 1 aliphatic rings. The maximum Gasteiger partial charge on any atom is 0.120 e. The molecule has 2 heteroatoms. The summed E-state index contributed by atoms with van der Waals surface area (Å²) in [5.74, 6) is 1.38. The van der Waals surface area contributed by atoms with Gasteiger partial charge in [-0.2, -0.15) is 0 Å². The highest BCUT2D eigenvalue weighted by Crippen LogP contribution is 2.35. The molecule has 1 heterocycles. The van der Waals surface area contributed by atoms with Gasteiger partial charge in [0.05, 0.1) is 0 Å². The van der Waals surface area contributed by atoms with Crippen LogP contribution < -0.4 is 0 Å². The summed E-state index contributed by atoms with van der Waals surface area (Å²) in [4.78, 5) is 12.9. The van der Waals surface area contributed by atoms with E-state index in [4.69, 9.17) is 0 Å². The second-order valence-electron chi connectivity index (χ2n) is 5.92. The lowest BCUT2D eigenvalue weighted by molar-refractivity contribution is -0.108. The standard InChI is InChI=1S/C14H27NO/c1-12(7-5-10-16)13(2)11-14(3)8-6-9-15(14)4/h10,12-13H,5-9,11H2,1-4H3. The minimum atomic E-state index is 0.398. The van der Waals surface area contributed by atoms with E-state index in [-0.39, 0.29) is 0 Å². The molecule has 0 N–H and O–H groups in total. The first-order valence-electron chi connectivity index (χ1n) is 6.64.